The Bertz CT molecular complexity index is 424. The Hall–Kier alpha value is 1.75. The van der Waals surface area contributed by atoms with Crippen molar-refractivity contribution >= 4 is 7.82 Å². The number of hydrogen-bond donors (Lipinski definition) is 2. The van der Waals surface area contributed by atoms with E-state index in [1.807, 2.05) is 0 Å². The topological polar surface area (TPSA) is 66.8 Å². The van der Waals surface area contributed by atoms with Gasteiger partial charge in [0.1, 0.15) is 0 Å². The molecule has 2 N–H and O–H groups in total. The smallest absolute Gasteiger partial charge is 1.00 e. The molecule has 0 unspecified atom stereocenters. The molecule has 0 aliphatic carbocycles. The summed E-state index contributed by atoms with van der Waals surface area (Å²) in [4.78, 5) is 17.2. The fraction of sp³-hybridized carbons (Fsp3) is 1.00. The molecule has 0 spiro atoms. The molecule has 0 aromatic carbocycles. The van der Waals surface area contributed by atoms with Crippen LogP contribution >= 0.6 is 7.82 Å². The number of rotatable bonds is 28. The molecule has 0 amide bonds. The van der Waals surface area contributed by atoms with E-state index in [9.17, 15) is 4.57 Å². The third-order valence-electron chi connectivity index (χ3n) is 6.76. The summed E-state index contributed by atoms with van der Waals surface area (Å²) in [5, 5.41) is 0. The van der Waals surface area contributed by atoms with Gasteiger partial charge in [0.2, 0.25) is 0 Å². The molecule has 34 heavy (non-hydrogen) atoms. The van der Waals surface area contributed by atoms with Crippen molar-refractivity contribution in [3.8, 4) is 0 Å². The number of phosphoric ester groups is 1. The molecular formula is C28H60KO4P. The van der Waals surface area contributed by atoms with Gasteiger partial charge in [-0.05, 0) is 6.42 Å². The fourth-order valence-corrected chi connectivity index (χ4v) is 4.97. The summed E-state index contributed by atoms with van der Waals surface area (Å²) in [5.74, 6) is 0. The van der Waals surface area contributed by atoms with Crippen molar-refractivity contribution in [1.82, 2.24) is 0 Å². The number of hydrogen-bond acceptors (Lipinski definition) is 2. The normalized spacial score (nSPS) is 11.6. The average molecular weight is 531 g/mol. The van der Waals surface area contributed by atoms with Gasteiger partial charge in [-0.15, -0.1) is 0 Å². The summed E-state index contributed by atoms with van der Waals surface area (Å²) in [7, 11) is -4.27. The second-order valence-electron chi connectivity index (χ2n) is 10.2. The second kappa shape index (κ2) is 31.0. The number of phosphoric acid groups is 1. The van der Waals surface area contributed by atoms with E-state index < -0.39 is 7.82 Å². The molecule has 0 atom stereocenters. The van der Waals surface area contributed by atoms with Gasteiger partial charge in [0.15, 0.2) is 0 Å². The van der Waals surface area contributed by atoms with Crippen molar-refractivity contribution in [1.29, 1.82) is 0 Å². The van der Waals surface area contributed by atoms with Crippen molar-refractivity contribution in [3.63, 3.8) is 0 Å². The molecule has 6 heteroatoms. The van der Waals surface area contributed by atoms with Crippen LogP contribution in [0.4, 0.5) is 0 Å². The zero-order valence-electron chi connectivity index (χ0n) is 24.3. The van der Waals surface area contributed by atoms with Crippen molar-refractivity contribution < 1.29 is 71.7 Å². The van der Waals surface area contributed by atoms with Crippen LogP contribution < -0.4 is 51.4 Å². The van der Waals surface area contributed by atoms with Crippen molar-refractivity contribution in [2.24, 2.45) is 0 Å². The SMILES string of the molecule is CCCCCCCCCCCCCCCCCCCCCCCCCCCCOP(=O)(O)O.[H-].[K+]. The van der Waals surface area contributed by atoms with Crippen LogP contribution in [0.2, 0.25) is 0 Å². The first-order chi connectivity index (χ1) is 16.1. The molecule has 0 heterocycles. The summed E-state index contributed by atoms with van der Waals surface area (Å²) in [6, 6.07) is 0. The third-order valence-corrected chi connectivity index (χ3v) is 7.28. The van der Waals surface area contributed by atoms with E-state index in [2.05, 4.69) is 11.4 Å². The minimum atomic E-state index is -4.27. The van der Waals surface area contributed by atoms with Gasteiger partial charge in [-0.1, -0.05) is 167 Å². The molecule has 0 saturated carbocycles. The summed E-state index contributed by atoms with van der Waals surface area (Å²) < 4.78 is 15.0. The molecule has 0 bridgehead atoms. The molecule has 202 valence electrons. The van der Waals surface area contributed by atoms with Crippen LogP contribution in [0.1, 0.15) is 175 Å². The molecule has 4 nitrogen and oxygen atoms in total. The van der Waals surface area contributed by atoms with Gasteiger partial charge >= 0.3 is 59.2 Å². The monoisotopic (exact) mass is 530 g/mol. The Morgan fingerprint density at radius 2 is 0.676 bits per heavy atom. The predicted molar refractivity (Wildman–Crippen MR) is 145 cm³/mol. The Balaban J connectivity index is -0.00000512. The van der Waals surface area contributed by atoms with Gasteiger partial charge in [-0.2, -0.15) is 0 Å². The first-order valence-electron chi connectivity index (χ1n) is 14.8. The van der Waals surface area contributed by atoms with E-state index in [1.54, 1.807) is 0 Å². The first kappa shape index (κ1) is 37.9. The maximum atomic E-state index is 10.5. The maximum absolute atomic E-state index is 10.5. The average Bonchev–Trinajstić information content (AvgIpc) is 2.78. The van der Waals surface area contributed by atoms with Gasteiger partial charge in [0.25, 0.3) is 0 Å². The number of unbranched alkanes of at least 4 members (excludes halogenated alkanes) is 25. The summed E-state index contributed by atoms with van der Waals surface area (Å²) in [5.41, 5.74) is 0. The van der Waals surface area contributed by atoms with Crippen LogP contribution in [0.25, 0.3) is 0 Å². The second-order valence-corrected chi connectivity index (χ2v) is 11.4. The maximum Gasteiger partial charge on any atom is 1.00 e. The molecule has 0 fully saturated rings. The predicted octanol–water partition coefficient (Wildman–Crippen LogP) is 7.37. The Labute approximate surface area is 257 Å². The van der Waals surface area contributed by atoms with Gasteiger partial charge in [-0.25, -0.2) is 4.57 Å². The molecule has 0 saturated heterocycles. The van der Waals surface area contributed by atoms with Crippen LogP contribution in [-0.4, -0.2) is 16.4 Å². The molecule has 0 radical (unpaired) electrons. The molecule has 0 aromatic heterocycles. The Morgan fingerprint density at radius 3 is 0.882 bits per heavy atom. The van der Waals surface area contributed by atoms with E-state index in [0.717, 1.165) is 19.3 Å². The minimum Gasteiger partial charge on any atom is -1.00 e. The Morgan fingerprint density at radius 1 is 0.471 bits per heavy atom. The zero-order chi connectivity index (χ0) is 24.3. The van der Waals surface area contributed by atoms with Crippen LogP contribution in [-0.2, 0) is 9.09 Å². The zero-order valence-corrected chi connectivity index (χ0v) is 27.3. The van der Waals surface area contributed by atoms with Gasteiger partial charge in [-0.3, -0.25) is 4.52 Å². The molecular weight excluding hydrogens is 470 g/mol. The Kier molecular flexibility index (Phi) is 34.5. The molecule has 0 aromatic rings. The largest absolute Gasteiger partial charge is 1.00 e. The van der Waals surface area contributed by atoms with Crippen molar-refractivity contribution in [2.45, 2.75) is 174 Å². The molecule has 0 rings (SSSR count). The van der Waals surface area contributed by atoms with Crippen molar-refractivity contribution in [3.05, 3.63) is 0 Å². The van der Waals surface area contributed by atoms with Crippen LogP contribution in [0, 0.1) is 0 Å². The third kappa shape index (κ3) is 35.9. The van der Waals surface area contributed by atoms with Crippen molar-refractivity contribution in [2.75, 3.05) is 6.61 Å². The van der Waals surface area contributed by atoms with Crippen LogP contribution in [0.5, 0.6) is 0 Å². The van der Waals surface area contributed by atoms with E-state index in [1.165, 1.54) is 148 Å². The van der Waals surface area contributed by atoms with Gasteiger partial charge < -0.3 is 11.2 Å². The molecule has 0 aliphatic rings. The quantitative estimate of drug-likeness (QED) is 0.0629. The van der Waals surface area contributed by atoms with Gasteiger partial charge in [0, 0.05) is 0 Å². The summed E-state index contributed by atoms with van der Waals surface area (Å²) in [6.07, 6.45) is 35.4. The fourth-order valence-electron chi connectivity index (χ4n) is 4.60. The standard InChI is InChI=1S/C28H59O4P.K.H/c1-2-3-4-5-6-7-8-9-10-11-12-13-14-15-16-17-18-19-20-21-22-23-24-25-26-27-28-32-33(29,30)31;;/h2-28H2,1H3,(H2,29,30,31);;/q;+1;-1. The first-order valence-corrected chi connectivity index (χ1v) is 16.3. The van der Waals surface area contributed by atoms with Crippen LogP contribution in [0.15, 0.2) is 0 Å². The van der Waals surface area contributed by atoms with Gasteiger partial charge in [0.05, 0.1) is 6.61 Å². The summed E-state index contributed by atoms with van der Waals surface area (Å²) >= 11 is 0. The van der Waals surface area contributed by atoms with E-state index in [4.69, 9.17) is 9.79 Å². The minimum absolute atomic E-state index is 0. The van der Waals surface area contributed by atoms with E-state index in [0.29, 0.717) is 0 Å². The van der Waals surface area contributed by atoms with Crippen LogP contribution in [0.3, 0.4) is 0 Å². The summed E-state index contributed by atoms with van der Waals surface area (Å²) in [6.45, 7) is 2.46. The van der Waals surface area contributed by atoms with E-state index in [-0.39, 0.29) is 59.4 Å². The molecule has 0 aliphatic heterocycles. The van der Waals surface area contributed by atoms with E-state index >= 15 is 0 Å².